The Morgan fingerprint density at radius 1 is 1.00 bits per heavy atom. The molecule has 0 aromatic heterocycles. The van der Waals surface area contributed by atoms with Crippen molar-refractivity contribution in [3.63, 3.8) is 0 Å². The van der Waals surface area contributed by atoms with E-state index in [1.54, 1.807) is 0 Å². The Kier molecular flexibility index (Phi) is 2.71. The largest absolute Gasteiger partial charge is 0.254 e. The molecule has 2 heteroatoms. The van der Waals surface area contributed by atoms with Gasteiger partial charge in [-0.25, -0.2) is 0 Å². The monoisotopic (exact) mass is 256 g/mol. The molecule has 3 aliphatic rings. The van der Waals surface area contributed by atoms with Crippen LogP contribution in [-0.4, -0.2) is 6.04 Å². The first-order chi connectivity index (χ1) is 9.22. The fourth-order valence-electron chi connectivity index (χ4n) is 4.92. The minimum Gasteiger partial charge on any atom is -0.254 e. The maximum absolute atomic E-state index is 3.65. The molecular formula is C17H24N2. The van der Waals surface area contributed by atoms with Crippen LogP contribution >= 0.6 is 0 Å². The third kappa shape index (κ3) is 1.85. The van der Waals surface area contributed by atoms with Crippen molar-refractivity contribution in [1.29, 1.82) is 0 Å². The summed E-state index contributed by atoms with van der Waals surface area (Å²) in [7, 11) is 0. The molecule has 1 aromatic carbocycles. The normalized spacial score (nSPS) is 40.4. The van der Waals surface area contributed by atoms with Crippen LogP contribution in [-0.2, 0) is 0 Å². The molecule has 0 spiro atoms. The predicted molar refractivity (Wildman–Crippen MR) is 77.7 cm³/mol. The number of fused-ring (bicyclic) bond motifs is 5. The van der Waals surface area contributed by atoms with Gasteiger partial charge in [0, 0.05) is 12.1 Å². The maximum Gasteiger partial charge on any atom is 0.0468 e. The van der Waals surface area contributed by atoms with Crippen molar-refractivity contribution in [2.24, 2.45) is 17.8 Å². The number of nitrogens with one attached hydrogen (secondary N) is 2. The van der Waals surface area contributed by atoms with E-state index >= 15 is 0 Å². The minimum atomic E-state index is 0.501. The summed E-state index contributed by atoms with van der Waals surface area (Å²) in [6.45, 7) is 4.42. The zero-order valence-corrected chi connectivity index (χ0v) is 11.9. The first kappa shape index (κ1) is 11.9. The number of hydrazine groups is 1. The van der Waals surface area contributed by atoms with Crippen LogP contribution in [0.5, 0.6) is 0 Å². The Morgan fingerprint density at radius 3 is 2.68 bits per heavy atom. The van der Waals surface area contributed by atoms with Gasteiger partial charge in [-0.15, -0.1) is 0 Å². The van der Waals surface area contributed by atoms with Crippen molar-refractivity contribution in [2.75, 3.05) is 0 Å². The van der Waals surface area contributed by atoms with Crippen LogP contribution in [0.4, 0.5) is 0 Å². The summed E-state index contributed by atoms with van der Waals surface area (Å²) in [5.41, 5.74) is 11.5. The van der Waals surface area contributed by atoms with E-state index < -0.39 is 0 Å². The summed E-state index contributed by atoms with van der Waals surface area (Å²) in [6.07, 6.45) is 5.73. The molecule has 4 rings (SSSR count). The summed E-state index contributed by atoms with van der Waals surface area (Å²) in [5, 5.41) is 0. The number of hydrogen-bond acceptors (Lipinski definition) is 2. The molecule has 1 heterocycles. The van der Waals surface area contributed by atoms with E-state index in [4.69, 9.17) is 0 Å². The molecule has 5 unspecified atom stereocenters. The molecular weight excluding hydrogens is 232 g/mol. The Bertz CT molecular complexity index is 496. The Morgan fingerprint density at radius 2 is 1.84 bits per heavy atom. The van der Waals surface area contributed by atoms with Crippen molar-refractivity contribution < 1.29 is 0 Å². The van der Waals surface area contributed by atoms with Crippen LogP contribution in [0.25, 0.3) is 0 Å². The van der Waals surface area contributed by atoms with Gasteiger partial charge >= 0.3 is 0 Å². The Balaban J connectivity index is 1.57. The quantitative estimate of drug-likeness (QED) is 0.806. The first-order valence-corrected chi connectivity index (χ1v) is 7.80. The van der Waals surface area contributed by atoms with E-state index in [1.807, 2.05) is 0 Å². The van der Waals surface area contributed by atoms with E-state index in [9.17, 15) is 0 Å². The number of rotatable bonds is 1. The van der Waals surface area contributed by atoms with Gasteiger partial charge in [-0.3, -0.25) is 10.9 Å². The Labute approximate surface area is 115 Å². The molecule has 0 radical (unpaired) electrons. The molecule has 3 fully saturated rings. The summed E-state index contributed by atoms with van der Waals surface area (Å²) < 4.78 is 0. The van der Waals surface area contributed by atoms with Crippen LogP contribution in [0.1, 0.15) is 48.4 Å². The van der Waals surface area contributed by atoms with E-state index in [0.717, 1.165) is 23.8 Å². The van der Waals surface area contributed by atoms with E-state index in [2.05, 4.69) is 42.9 Å². The van der Waals surface area contributed by atoms with Crippen LogP contribution in [0.15, 0.2) is 18.2 Å². The van der Waals surface area contributed by atoms with Crippen LogP contribution in [0.2, 0.25) is 0 Å². The van der Waals surface area contributed by atoms with Gasteiger partial charge in [0.15, 0.2) is 0 Å². The Hall–Kier alpha value is -0.860. The summed E-state index contributed by atoms with van der Waals surface area (Å²) in [4.78, 5) is 0. The molecule has 2 saturated carbocycles. The average Bonchev–Trinajstić information content (AvgIpc) is 3.00. The van der Waals surface area contributed by atoms with Gasteiger partial charge in [0.05, 0.1) is 0 Å². The zero-order valence-electron chi connectivity index (χ0n) is 11.9. The van der Waals surface area contributed by atoms with E-state index in [-0.39, 0.29) is 0 Å². The van der Waals surface area contributed by atoms with Crippen LogP contribution in [0, 0.1) is 31.6 Å². The highest BCUT2D eigenvalue weighted by atomic mass is 15.4. The molecule has 5 atom stereocenters. The van der Waals surface area contributed by atoms with Crippen LogP contribution in [0.3, 0.4) is 0 Å². The third-order valence-electron chi connectivity index (χ3n) is 5.82. The van der Waals surface area contributed by atoms with Crippen molar-refractivity contribution in [3.8, 4) is 0 Å². The van der Waals surface area contributed by atoms with Gasteiger partial charge in [0.25, 0.3) is 0 Å². The SMILES string of the molecule is Cc1ccc(C2CC3C4CCC(C4)C3NN2)c(C)c1. The topological polar surface area (TPSA) is 24.1 Å². The zero-order chi connectivity index (χ0) is 13.0. The van der Waals surface area contributed by atoms with Crippen molar-refractivity contribution in [1.82, 2.24) is 10.9 Å². The molecule has 2 N–H and O–H groups in total. The molecule has 0 amide bonds. The number of benzene rings is 1. The summed E-state index contributed by atoms with van der Waals surface area (Å²) >= 11 is 0. The van der Waals surface area contributed by atoms with Gasteiger partial charge in [0.2, 0.25) is 0 Å². The summed E-state index contributed by atoms with van der Waals surface area (Å²) in [5.74, 6) is 2.85. The fourth-order valence-corrected chi connectivity index (χ4v) is 4.92. The standard InChI is InChI=1S/C17H24N2/c1-10-3-6-14(11(2)7-10)16-9-15-12-4-5-13(8-12)17(15)19-18-16/h3,6-7,12-13,15-19H,4-5,8-9H2,1-2H3. The number of hydrogen-bond donors (Lipinski definition) is 2. The molecule has 2 nitrogen and oxygen atoms in total. The predicted octanol–water partition coefficient (Wildman–Crippen LogP) is 3.26. The molecule has 19 heavy (non-hydrogen) atoms. The van der Waals surface area contributed by atoms with Crippen LogP contribution < -0.4 is 10.9 Å². The first-order valence-electron chi connectivity index (χ1n) is 7.80. The second kappa shape index (κ2) is 4.32. The summed E-state index contributed by atoms with van der Waals surface area (Å²) in [6, 6.07) is 8.13. The highest BCUT2D eigenvalue weighted by Crippen LogP contribution is 2.52. The lowest BCUT2D eigenvalue weighted by atomic mass is 9.78. The number of aryl methyl sites for hydroxylation is 2. The average molecular weight is 256 g/mol. The molecule has 1 aromatic rings. The lowest BCUT2D eigenvalue weighted by molar-refractivity contribution is 0.139. The van der Waals surface area contributed by atoms with Gasteiger partial charge in [0.1, 0.15) is 0 Å². The van der Waals surface area contributed by atoms with E-state index in [0.29, 0.717) is 6.04 Å². The lowest BCUT2D eigenvalue weighted by Crippen LogP contribution is -2.54. The third-order valence-corrected chi connectivity index (χ3v) is 5.82. The second-order valence-electron chi connectivity index (χ2n) is 6.96. The molecule has 102 valence electrons. The van der Waals surface area contributed by atoms with Crippen molar-refractivity contribution >= 4 is 0 Å². The maximum atomic E-state index is 3.65. The van der Waals surface area contributed by atoms with Gasteiger partial charge in [-0.05, 0) is 68.4 Å². The molecule has 1 saturated heterocycles. The lowest BCUT2D eigenvalue weighted by Gasteiger charge is -2.41. The molecule has 2 bridgehead atoms. The highest BCUT2D eigenvalue weighted by Gasteiger charge is 2.49. The van der Waals surface area contributed by atoms with Crippen molar-refractivity contribution in [2.45, 2.75) is 51.6 Å². The van der Waals surface area contributed by atoms with Gasteiger partial charge < -0.3 is 0 Å². The fraction of sp³-hybridized carbons (Fsp3) is 0.647. The minimum absolute atomic E-state index is 0.501. The molecule has 2 aliphatic carbocycles. The second-order valence-corrected chi connectivity index (χ2v) is 6.96. The smallest absolute Gasteiger partial charge is 0.0468 e. The molecule has 1 aliphatic heterocycles. The van der Waals surface area contributed by atoms with E-state index in [1.165, 1.54) is 42.4 Å². The van der Waals surface area contributed by atoms with Gasteiger partial charge in [-0.2, -0.15) is 0 Å². The highest BCUT2D eigenvalue weighted by molar-refractivity contribution is 5.33. The van der Waals surface area contributed by atoms with Gasteiger partial charge in [-0.1, -0.05) is 23.8 Å². The van der Waals surface area contributed by atoms with Crippen molar-refractivity contribution in [3.05, 3.63) is 34.9 Å².